The van der Waals surface area contributed by atoms with Crippen LogP contribution in [0.2, 0.25) is 0 Å². The highest BCUT2D eigenvalue weighted by atomic mass is 19.4. The predicted octanol–water partition coefficient (Wildman–Crippen LogP) is 8.73. The minimum absolute atomic E-state index is 0.0502. The van der Waals surface area contributed by atoms with Crippen molar-refractivity contribution in [3.05, 3.63) is 35.4 Å². The Bertz CT molecular complexity index is 570. The Hall–Kier alpha value is -1.52. The molecule has 0 aliphatic carbocycles. The van der Waals surface area contributed by atoms with Crippen molar-refractivity contribution in [1.82, 2.24) is 0 Å². The summed E-state index contributed by atoms with van der Waals surface area (Å²) in [6.07, 6.45) is 14.4. The molecule has 0 heterocycles. The molecule has 0 radical (unpaired) electrons. The fourth-order valence-corrected chi connectivity index (χ4v) is 3.54. The van der Waals surface area contributed by atoms with Gasteiger partial charge in [0.25, 0.3) is 0 Å². The normalized spacial score (nSPS) is 11.6. The van der Waals surface area contributed by atoms with Crippen molar-refractivity contribution >= 4 is 5.97 Å². The lowest BCUT2D eigenvalue weighted by atomic mass is 10.0. The van der Waals surface area contributed by atoms with Crippen molar-refractivity contribution in [1.29, 1.82) is 0 Å². The van der Waals surface area contributed by atoms with Crippen LogP contribution in [0.15, 0.2) is 24.3 Å². The van der Waals surface area contributed by atoms with E-state index in [1.165, 1.54) is 89.2 Å². The van der Waals surface area contributed by atoms with Gasteiger partial charge in [-0.3, -0.25) is 0 Å². The first-order valence-electron chi connectivity index (χ1n) is 11.8. The number of hydrogen-bond acceptors (Lipinski definition) is 2. The Kier molecular flexibility index (Phi) is 14.3. The van der Waals surface area contributed by atoms with Crippen molar-refractivity contribution in [3.8, 4) is 0 Å². The molecule has 2 nitrogen and oxygen atoms in total. The van der Waals surface area contributed by atoms with Gasteiger partial charge in [0.15, 0.2) is 0 Å². The maximum atomic E-state index is 12.7. The van der Waals surface area contributed by atoms with Gasteiger partial charge in [-0.25, -0.2) is 4.79 Å². The Balaban J connectivity index is 1.94. The number of hydrogen-bond donors (Lipinski definition) is 0. The smallest absolute Gasteiger partial charge is 0.416 e. The molecule has 0 bridgehead atoms. The van der Waals surface area contributed by atoms with Crippen LogP contribution in [0, 0.1) is 0 Å². The maximum Gasteiger partial charge on any atom is 0.416 e. The standard InChI is InChI=1S/C25H39F3O2/c1-2-3-4-5-6-7-8-9-10-11-12-13-14-15-16-20-30-24(29)22-18-17-19-23(21-22)25(26,27)28/h17-19,21H,2-16,20H2,1H3. The zero-order valence-electron chi connectivity index (χ0n) is 18.6. The van der Waals surface area contributed by atoms with Gasteiger partial charge >= 0.3 is 12.1 Å². The average molecular weight is 429 g/mol. The molecule has 0 aliphatic rings. The third-order valence-corrected chi connectivity index (χ3v) is 5.41. The van der Waals surface area contributed by atoms with Crippen LogP contribution in [-0.2, 0) is 10.9 Å². The van der Waals surface area contributed by atoms with Crippen molar-refractivity contribution in [3.63, 3.8) is 0 Å². The second kappa shape index (κ2) is 16.2. The van der Waals surface area contributed by atoms with E-state index in [0.717, 1.165) is 31.4 Å². The molecule has 0 N–H and O–H groups in total. The van der Waals surface area contributed by atoms with E-state index in [1.807, 2.05) is 0 Å². The first-order valence-corrected chi connectivity index (χ1v) is 11.8. The summed E-state index contributed by atoms with van der Waals surface area (Å²) in [5.41, 5.74) is -0.880. The van der Waals surface area contributed by atoms with E-state index in [-0.39, 0.29) is 12.2 Å². The number of unbranched alkanes of at least 4 members (excludes halogenated alkanes) is 14. The molecular weight excluding hydrogens is 389 g/mol. The molecule has 1 aromatic rings. The molecule has 30 heavy (non-hydrogen) atoms. The largest absolute Gasteiger partial charge is 0.462 e. The number of ether oxygens (including phenoxy) is 1. The van der Waals surface area contributed by atoms with Crippen LogP contribution in [0.4, 0.5) is 13.2 Å². The number of carbonyl (C=O) groups excluding carboxylic acids is 1. The molecular formula is C25H39F3O2. The third kappa shape index (κ3) is 12.9. The van der Waals surface area contributed by atoms with Crippen molar-refractivity contribution in [2.45, 2.75) is 109 Å². The molecule has 0 saturated heterocycles. The van der Waals surface area contributed by atoms with Crippen LogP contribution in [0.5, 0.6) is 0 Å². The molecule has 0 spiro atoms. The van der Waals surface area contributed by atoms with Crippen LogP contribution < -0.4 is 0 Å². The molecule has 0 unspecified atom stereocenters. The highest BCUT2D eigenvalue weighted by molar-refractivity contribution is 5.89. The van der Waals surface area contributed by atoms with Crippen molar-refractivity contribution < 1.29 is 22.7 Å². The molecule has 0 aliphatic heterocycles. The van der Waals surface area contributed by atoms with Crippen LogP contribution in [0.1, 0.15) is 119 Å². The Morgan fingerprint density at radius 3 is 1.70 bits per heavy atom. The third-order valence-electron chi connectivity index (χ3n) is 5.41. The van der Waals surface area contributed by atoms with E-state index in [9.17, 15) is 18.0 Å². The van der Waals surface area contributed by atoms with Crippen LogP contribution >= 0.6 is 0 Å². The fourth-order valence-electron chi connectivity index (χ4n) is 3.54. The first-order chi connectivity index (χ1) is 14.4. The monoisotopic (exact) mass is 428 g/mol. The van der Waals surface area contributed by atoms with E-state index in [2.05, 4.69) is 6.92 Å². The summed E-state index contributed by atoms with van der Waals surface area (Å²) >= 11 is 0. The van der Waals surface area contributed by atoms with Gasteiger partial charge in [-0.05, 0) is 24.6 Å². The van der Waals surface area contributed by atoms with Gasteiger partial charge in [-0.2, -0.15) is 13.2 Å². The maximum absolute atomic E-state index is 12.7. The molecule has 172 valence electrons. The van der Waals surface area contributed by atoms with Gasteiger partial charge in [-0.1, -0.05) is 103 Å². The summed E-state index contributed by atoms with van der Waals surface area (Å²) in [5.74, 6) is -0.688. The Labute approximate surface area is 180 Å². The molecule has 0 aromatic heterocycles. The second-order valence-electron chi connectivity index (χ2n) is 8.16. The van der Waals surface area contributed by atoms with Crippen molar-refractivity contribution in [2.75, 3.05) is 6.61 Å². The molecule has 1 rings (SSSR count). The van der Waals surface area contributed by atoms with Gasteiger partial charge in [0.1, 0.15) is 0 Å². The zero-order chi connectivity index (χ0) is 22.1. The highest BCUT2D eigenvalue weighted by Crippen LogP contribution is 2.29. The molecule has 1 aromatic carbocycles. The summed E-state index contributed by atoms with van der Waals surface area (Å²) in [6, 6.07) is 4.37. The van der Waals surface area contributed by atoms with Gasteiger partial charge in [0.2, 0.25) is 0 Å². The number of esters is 1. The van der Waals surface area contributed by atoms with Crippen LogP contribution in [0.25, 0.3) is 0 Å². The molecule has 0 fully saturated rings. The Morgan fingerprint density at radius 2 is 1.23 bits per heavy atom. The quantitative estimate of drug-likeness (QED) is 0.183. The van der Waals surface area contributed by atoms with Crippen LogP contribution in [0.3, 0.4) is 0 Å². The minimum atomic E-state index is -4.45. The summed E-state index contributed by atoms with van der Waals surface area (Å²) < 4.78 is 43.2. The molecule has 0 amide bonds. The van der Waals surface area contributed by atoms with Gasteiger partial charge in [-0.15, -0.1) is 0 Å². The second-order valence-corrected chi connectivity index (χ2v) is 8.16. The summed E-state index contributed by atoms with van der Waals surface area (Å²) in [7, 11) is 0. The number of benzene rings is 1. The summed E-state index contributed by atoms with van der Waals surface area (Å²) in [5, 5.41) is 0. The van der Waals surface area contributed by atoms with E-state index < -0.39 is 17.7 Å². The van der Waals surface area contributed by atoms with E-state index in [4.69, 9.17) is 4.74 Å². The van der Waals surface area contributed by atoms with E-state index in [0.29, 0.717) is 0 Å². The molecule has 5 heteroatoms. The van der Waals surface area contributed by atoms with Crippen LogP contribution in [-0.4, -0.2) is 12.6 Å². The number of carbonyl (C=O) groups is 1. The summed E-state index contributed by atoms with van der Waals surface area (Å²) in [6.45, 7) is 2.51. The molecule has 0 saturated carbocycles. The van der Waals surface area contributed by atoms with Gasteiger partial charge in [0, 0.05) is 0 Å². The SMILES string of the molecule is CCCCCCCCCCCCCCCCCOC(=O)c1cccc(C(F)(F)F)c1. The number of rotatable bonds is 17. The van der Waals surface area contributed by atoms with E-state index in [1.54, 1.807) is 0 Å². The summed E-state index contributed by atoms with van der Waals surface area (Å²) in [4.78, 5) is 11.9. The highest BCUT2D eigenvalue weighted by Gasteiger charge is 2.31. The lowest BCUT2D eigenvalue weighted by molar-refractivity contribution is -0.137. The lowest BCUT2D eigenvalue weighted by Gasteiger charge is -2.09. The minimum Gasteiger partial charge on any atom is -0.462 e. The predicted molar refractivity (Wildman–Crippen MR) is 117 cm³/mol. The molecule has 0 atom stereocenters. The number of alkyl halides is 3. The average Bonchev–Trinajstić information content (AvgIpc) is 2.72. The van der Waals surface area contributed by atoms with Gasteiger partial charge in [0.05, 0.1) is 17.7 Å². The Morgan fingerprint density at radius 1 is 0.767 bits per heavy atom. The van der Waals surface area contributed by atoms with E-state index >= 15 is 0 Å². The van der Waals surface area contributed by atoms with Crippen molar-refractivity contribution in [2.24, 2.45) is 0 Å². The first kappa shape index (κ1) is 26.5. The fraction of sp³-hybridized carbons (Fsp3) is 0.720. The zero-order valence-corrected chi connectivity index (χ0v) is 18.6. The lowest BCUT2D eigenvalue weighted by Crippen LogP contribution is -2.10. The van der Waals surface area contributed by atoms with Gasteiger partial charge < -0.3 is 4.74 Å². The topological polar surface area (TPSA) is 26.3 Å². The number of halogens is 3.